The van der Waals surface area contributed by atoms with E-state index in [2.05, 4.69) is 0 Å². The third-order valence-electron chi connectivity index (χ3n) is 3.98. The summed E-state index contributed by atoms with van der Waals surface area (Å²) in [7, 11) is 0. The topological polar surface area (TPSA) is 29.5 Å². The largest absolute Gasteiger partial charge is 0.489 e. The molecule has 3 rings (SSSR count). The van der Waals surface area contributed by atoms with Gasteiger partial charge < -0.3 is 9.84 Å². The van der Waals surface area contributed by atoms with Crippen molar-refractivity contribution in [3.05, 3.63) is 101 Å². The number of aliphatic hydroxyl groups excluding tert-OH is 1. The standard InChI is InChI=1S/C21H17F3O2/c22-21(23,24)17-10-6-9-16(13-17)20(25)18-11-4-5-12-19(18)26-14-15-7-2-1-3-8-15/h1-13,20,25H,14H2. The normalized spacial score (nSPS) is 12.6. The zero-order valence-corrected chi connectivity index (χ0v) is 13.8. The summed E-state index contributed by atoms with van der Waals surface area (Å²) in [6.07, 6.45) is -5.68. The van der Waals surface area contributed by atoms with E-state index in [4.69, 9.17) is 4.74 Å². The number of halogens is 3. The van der Waals surface area contributed by atoms with Crippen molar-refractivity contribution in [2.75, 3.05) is 0 Å². The third-order valence-corrected chi connectivity index (χ3v) is 3.98. The Hall–Kier alpha value is -2.79. The van der Waals surface area contributed by atoms with Gasteiger partial charge >= 0.3 is 6.18 Å². The Kier molecular flexibility index (Phi) is 5.28. The van der Waals surface area contributed by atoms with Crippen molar-refractivity contribution in [1.29, 1.82) is 0 Å². The van der Waals surface area contributed by atoms with Crippen molar-refractivity contribution in [3.63, 3.8) is 0 Å². The van der Waals surface area contributed by atoms with E-state index in [0.717, 1.165) is 17.7 Å². The molecule has 0 amide bonds. The van der Waals surface area contributed by atoms with E-state index in [1.54, 1.807) is 24.3 Å². The maximum atomic E-state index is 12.9. The number of alkyl halides is 3. The lowest BCUT2D eigenvalue weighted by molar-refractivity contribution is -0.137. The second-order valence-electron chi connectivity index (χ2n) is 5.84. The molecule has 3 aromatic carbocycles. The molecule has 5 heteroatoms. The van der Waals surface area contributed by atoms with Crippen LogP contribution in [0.2, 0.25) is 0 Å². The first-order chi connectivity index (χ1) is 12.4. The molecule has 1 atom stereocenters. The first-order valence-electron chi connectivity index (χ1n) is 8.06. The van der Waals surface area contributed by atoms with E-state index >= 15 is 0 Å². The van der Waals surface area contributed by atoms with Crippen LogP contribution in [0.15, 0.2) is 78.9 Å². The fourth-order valence-corrected chi connectivity index (χ4v) is 2.64. The van der Waals surface area contributed by atoms with Gasteiger partial charge in [-0.15, -0.1) is 0 Å². The molecule has 0 saturated carbocycles. The average molecular weight is 358 g/mol. The predicted octanol–water partition coefficient (Wildman–Crippen LogP) is 5.37. The summed E-state index contributed by atoms with van der Waals surface area (Å²) in [5.74, 6) is 0.432. The lowest BCUT2D eigenvalue weighted by Gasteiger charge is -2.18. The van der Waals surface area contributed by atoms with Gasteiger partial charge in [0.05, 0.1) is 5.56 Å². The van der Waals surface area contributed by atoms with Crippen LogP contribution in [-0.2, 0) is 12.8 Å². The molecular weight excluding hydrogens is 341 g/mol. The first-order valence-corrected chi connectivity index (χ1v) is 8.06. The van der Waals surface area contributed by atoms with Gasteiger partial charge in [0.25, 0.3) is 0 Å². The Morgan fingerprint density at radius 3 is 2.27 bits per heavy atom. The molecule has 0 fully saturated rings. The van der Waals surface area contributed by atoms with Gasteiger partial charge in [0.1, 0.15) is 18.5 Å². The molecule has 26 heavy (non-hydrogen) atoms. The lowest BCUT2D eigenvalue weighted by Crippen LogP contribution is -2.08. The van der Waals surface area contributed by atoms with Gasteiger partial charge in [-0.2, -0.15) is 13.2 Å². The SMILES string of the molecule is OC(c1cccc(C(F)(F)F)c1)c1ccccc1OCc1ccccc1. The highest BCUT2D eigenvalue weighted by Crippen LogP contribution is 2.34. The van der Waals surface area contributed by atoms with E-state index in [0.29, 0.717) is 17.9 Å². The molecule has 0 radical (unpaired) electrons. The molecule has 0 aromatic heterocycles. The van der Waals surface area contributed by atoms with Crippen LogP contribution in [-0.4, -0.2) is 5.11 Å². The zero-order chi connectivity index (χ0) is 18.6. The summed E-state index contributed by atoms with van der Waals surface area (Å²) >= 11 is 0. The van der Waals surface area contributed by atoms with Crippen LogP contribution in [0.3, 0.4) is 0 Å². The molecule has 0 saturated heterocycles. The van der Waals surface area contributed by atoms with Gasteiger partial charge in [-0.3, -0.25) is 0 Å². The monoisotopic (exact) mass is 358 g/mol. The molecule has 2 nitrogen and oxygen atoms in total. The summed E-state index contributed by atoms with van der Waals surface area (Å²) < 4.78 is 44.5. The van der Waals surface area contributed by atoms with Crippen molar-refractivity contribution < 1.29 is 23.0 Å². The fraction of sp³-hybridized carbons (Fsp3) is 0.143. The average Bonchev–Trinajstić information content (AvgIpc) is 2.66. The van der Waals surface area contributed by atoms with E-state index in [9.17, 15) is 18.3 Å². The van der Waals surface area contributed by atoms with Crippen LogP contribution in [0.25, 0.3) is 0 Å². The molecule has 3 aromatic rings. The minimum atomic E-state index is -4.46. The summed E-state index contributed by atoms with van der Waals surface area (Å²) in [5, 5.41) is 10.6. The van der Waals surface area contributed by atoms with Crippen molar-refractivity contribution in [2.24, 2.45) is 0 Å². The van der Waals surface area contributed by atoms with Crippen molar-refractivity contribution >= 4 is 0 Å². The number of ether oxygens (including phenoxy) is 1. The Labute approximate surface area is 149 Å². The highest BCUT2D eigenvalue weighted by Gasteiger charge is 2.31. The van der Waals surface area contributed by atoms with Crippen LogP contribution >= 0.6 is 0 Å². The van der Waals surface area contributed by atoms with E-state index in [-0.39, 0.29) is 5.56 Å². The summed E-state index contributed by atoms with van der Waals surface area (Å²) in [5.41, 5.74) is 0.742. The smallest absolute Gasteiger partial charge is 0.416 e. The molecule has 0 spiro atoms. The molecule has 1 N–H and O–H groups in total. The molecule has 0 aliphatic carbocycles. The fourth-order valence-electron chi connectivity index (χ4n) is 2.64. The summed E-state index contributed by atoms with van der Waals surface area (Å²) in [4.78, 5) is 0. The van der Waals surface area contributed by atoms with Gasteiger partial charge in [0, 0.05) is 5.56 Å². The zero-order valence-electron chi connectivity index (χ0n) is 13.8. The Bertz CT molecular complexity index is 860. The summed E-state index contributed by atoms with van der Waals surface area (Å²) in [6, 6.07) is 21.0. The molecule has 134 valence electrons. The minimum Gasteiger partial charge on any atom is -0.489 e. The summed E-state index contributed by atoms with van der Waals surface area (Å²) in [6.45, 7) is 0.299. The number of hydrogen-bond acceptors (Lipinski definition) is 2. The van der Waals surface area contributed by atoms with Crippen LogP contribution in [0.5, 0.6) is 5.75 Å². The van der Waals surface area contributed by atoms with Crippen molar-refractivity contribution in [2.45, 2.75) is 18.9 Å². The minimum absolute atomic E-state index is 0.163. The van der Waals surface area contributed by atoms with Crippen LogP contribution in [0.4, 0.5) is 13.2 Å². The maximum Gasteiger partial charge on any atom is 0.416 e. The van der Waals surface area contributed by atoms with E-state index in [1.165, 1.54) is 12.1 Å². The number of rotatable bonds is 5. The molecule has 0 heterocycles. The maximum absolute atomic E-state index is 12.9. The van der Waals surface area contributed by atoms with Gasteiger partial charge in [-0.1, -0.05) is 60.7 Å². The van der Waals surface area contributed by atoms with Crippen LogP contribution in [0.1, 0.15) is 28.4 Å². The second-order valence-corrected chi connectivity index (χ2v) is 5.84. The van der Waals surface area contributed by atoms with Gasteiger partial charge in [-0.25, -0.2) is 0 Å². The molecular formula is C21H17F3O2. The highest BCUT2D eigenvalue weighted by molar-refractivity contribution is 5.41. The number of benzene rings is 3. The second kappa shape index (κ2) is 7.62. The molecule has 0 bridgehead atoms. The number of para-hydroxylation sites is 1. The van der Waals surface area contributed by atoms with Gasteiger partial charge in [-0.05, 0) is 29.3 Å². The highest BCUT2D eigenvalue weighted by atomic mass is 19.4. The first kappa shape index (κ1) is 18.0. The molecule has 0 aliphatic heterocycles. The number of hydrogen-bond donors (Lipinski definition) is 1. The Balaban J connectivity index is 1.85. The van der Waals surface area contributed by atoms with Crippen molar-refractivity contribution in [1.82, 2.24) is 0 Å². The van der Waals surface area contributed by atoms with Crippen LogP contribution in [0, 0.1) is 0 Å². The van der Waals surface area contributed by atoms with E-state index in [1.807, 2.05) is 30.3 Å². The Morgan fingerprint density at radius 2 is 1.54 bits per heavy atom. The van der Waals surface area contributed by atoms with E-state index < -0.39 is 17.8 Å². The third kappa shape index (κ3) is 4.24. The van der Waals surface area contributed by atoms with Crippen LogP contribution < -0.4 is 4.74 Å². The predicted molar refractivity (Wildman–Crippen MR) is 92.7 cm³/mol. The van der Waals surface area contributed by atoms with Gasteiger partial charge in [0.15, 0.2) is 0 Å². The Morgan fingerprint density at radius 1 is 0.846 bits per heavy atom. The van der Waals surface area contributed by atoms with Gasteiger partial charge in [0.2, 0.25) is 0 Å². The quantitative estimate of drug-likeness (QED) is 0.665. The lowest BCUT2D eigenvalue weighted by atomic mass is 9.99. The molecule has 1 unspecified atom stereocenters. The molecule has 0 aliphatic rings. The van der Waals surface area contributed by atoms with Crippen molar-refractivity contribution in [3.8, 4) is 5.75 Å². The number of aliphatic hydroxyl groups is 1.